The molecule has 0 fully saturated rings. The van der Waals surface area contributed by atoms with Crippen molar-refractivity contribution in [2.75, 3.05) is 0 Å². The molecule has 0 bridgehead atoms. The summed E-state index contributed by atoms with van der Waals surface area (Å²) in [6.45, 7) is 0. The van der Waals surface area contributed by atoms with E-state index in [1.54, 1.807) is 23.7 Å². The molecule has 0 aliphatic rings. The predicted molar refractivity (Wildman–Crippen MR) is 78.1 cm³/mol. The molecule has 5 heteroatoms. The molecule has 1 N–H and O–H groups in total. The van der Waals surface area contributed by atoms with E-state index in [-0.39, 0.29) is 0 Å². The van der Waals surface area contributed by atoms with Crippen molar-refractivity contribution in [2.24, 2.45) is 0 Å². The summed E-state index contributed by atoms with van der Waals surface area (Å²) in [6.07, 6.45) is 3.44. The molecule has 1 atom stereocenters. The number of hydrogen-bond donors (Lipinski definition) is 1. The van der Waals surface area contributed by atoms with Gasteiger partial charge in [0.2, 0.25) is 0 Å². The Morgan fingerprint density at radius 2 is 1.94 bits per heavy atom. The summed E-state index contributed by atoms with van der Waals surface area (Å²) >= 11 is 11.9. The second-order valence-electron chi connectivity index (χ2n) is 3.47. The van der Waals surface area contributed by atoms with Crippen molar-refractivity contribution in [2.45, 2.75) is 5.03 Å². The molecule has 2 rings (SSSR count). The second kappa shape index (κ2) is 6.14. The Balaban J connectivity index is 2.20. The van der Waals surface area contributed by atoms with Gasteiger partial charge in [0.15, 0.2) is 0 Å². The average molecular weight is 297 g/mol. The number of aromatic nitrogens is 1. The molecular formula is C13H10Cl2N2S. The largest absolute Gasteiger partial charge is 0.270 e. The SMILES string of the molecule is N=S(/C=C/c1ccccc1Cl)c1cc(Cl)ccn1. The first-order chi connectivity index (χ1) is 8.66. The maximum absolute atomic E-state index is 8.01. The lowest BCUT2D eigenvalue weighted by Crippen LogP contribution is -1.88. The van der Waals surface area contributed by atoms with Crippen molar-refractivity contribution < 1.29 is 0 Å². The summed E-state index contributed by atoms with van der Waals surface area (Å²) in [7, 11) is -0.837. The summed E-state index contributed by atoms with van der Waals surface area (Å²) < 4.78 is 8.01. The van der Waals surface area contributed by atoms with Crippen molar-refractivity contribution in [3.05, 3.63) is 63.6 Å². The molecular weight excluding hydrogens is 287 g/mol. The zero-order chi connectivity index (χ0) is 13.0. The fourth-order valence-electron chi connectivity index (χ4n) is 1.33. The van der Waals surface area contributed by atoms with Gasteiger partial charge in [-0.2, -0.15) is 0 Å². The molecule has 0 saturated heterocycles. The van der Waals surface area contributed by atoms with E-state index in [0.29, 0.717) is 15.1 Å². The van der Waals surface area contributed by atoms with E-state index in [2.05, 4.69) is 4.98 Å². The molecule has 1 unspecified atom stereocenters. The monoisotopic (exact) mass is 296 g/mol. The highest BCUT2D eigenvalue weighted by Crippen LogP contribution is 2.18. The molecule has 0 radical (unpaired) electrons. The Bertz CT molecular complexity index is 611. The van der Waals surface area contributed by atoms with Crippen LogP contribution in [0.2, 0.25) is 10.0 Å². The van der Waals surface area contributed by atoms with E-state index in [1.807, 2.05) is 30.3 Å². The van der Waals surface area contributed by atoms with E-state index in [4.69, 9.17) is 28.0 Å². The van der Waals surface area contributed by atoms with Crippen LogP contribution in [-0.2, 0) is 10.7 Å². The standard InChI is InChI=1S/C13H10Cl2N2S/c14-11-5-7-17-13(9-11)18(16)8-6-10-3-1-2-4-12(10)15/h1-9,16H/b8-6+. The highest BCUT2D eigenvalue weighted by atomic mass is 35.5. The molecule has 1 aromatic carbocycles. The molecule has 92 valence electrons. The molecule has 1 aromatic heterocycles. The summed E-state index contributed by atoms with van der Waals surface area (Å²) in [6, 6.07) is 10.9. The molecule has 18 heavy (non-hydrogen) atoms. The van der Waals surface area contributed by atoms with Crippen molar-refractivity contribution in [1.82, 2.24) is 4.98 Å². The molecule has 2 nitrogen and oxygen atoms in total. The van der Waals surface area contributed by atoms with Crippen LogP contribution >= 0.6 is 23.2 Å². The minimum absolute atomic E-state index is 0.593. The van der Waals surface area contributed by atoms with Crippen molar-refractivity contribution in [3.8, 4) is 0 Å². The molecule has 0 amide bonds. The first-order valence-electron chi connectivity index (χ1n) is 5.15. The van der Waals surface area contributed by atoms with E-state index < -0.39 is 10.7 Å². The highest BCUT2D eigenvalue weighted by molar-refractivity contribution is 7.89. The molecule has 2 aromatic rings. The van der Waals surface area contributed by atoms with Gasteiger partial charge in [-0.05, 0) is 45.9 Å². The summed E-state index contributed by atoms with van der Waals surface area (Å²) in [5, 5.41) is 3.67. The van der Waals surface area contributed by atoms with Crippen LogP contribution in [0.4, 0.5) is 0 Å². The Morgan fingerprint density at radius 3 is 2.67 bits per heavy atom. The first kappa shape index (κ1) is 13.3. The van der Waals surface area contributed by atoms with Gasteiger partial charge in [0.25, 0.3) is 0 Å². The van der Waals surface area contributed by atoms with Gasteiger partial charge in [-0.25, -0.2) is 4.98 Å². The molecule has 0 saturated carbocycles. The van der Waals surface area contributed by atoms with E-state index in [0.717, 1.165) is 5.56 Å². The Kier molecular flexibility index (Phi) is 4.53. The molecule has 1 heterocycles. The quantitative estimate of drug-likeness (QED) is 0.868. The second-order valence-corrected chi connectivity index (χ2v) is 5.68. The third-order valence-corrected chi connectivity index (χ3v) is 3.87. The van der Waals surface area contributed by atoms with Gasteiger partial charge < -0.3 is 0 Å². The van der Waals surface area contributed by atoms with Gasteiger partial charge in [0.05, 0.1) is 0 Å². The first-order valence-corrected chi connectivity index (χ1v) is 7.20. The number of rotatable bonds is 3. The van der Waals surface area contributed by atoms with Gasteiger partial charge in [0.1, 0.15) is 5.03 Å². The Hall–Kier alpha value is -1.16. The lowest BCUT2D eigenvalue weighted by molar-refractivity contribution is 1.13. The van der Waals surface area contributed by atoms with Gasteiger partial charge >= 0.3 is 0 Å². The number of nitrogens with one attached hydrogen (secondary N) is 1. The summed E-state index contributed by atoms with van der Waals surface area (Å²) in [5.41, 5.74) is 0.894. The highest BCUT2D eigenvalue weighted by Gasteiger charge is 1.99. The van der Waals surface area contributed by atoms with E-state index in [9.17, 15) is 0 Å². The molecule has 0 spiro atoms. The smallest absolute Gasteiger partial charge is 0.112 e. The lowest BCUT2D eigenvalue weighted by atomic mass is 10.2. The molecule has 0 aliphatic carbocycles. The summed E-state index contributed by atoms with van der Waals surface area (Å²) in [4.78, 5) is 4.13. The van der Waals surface area contributed by atoms with Gasteiger partial charge in [-0.1, -0.05) is 41.4 Å². The number of nitrogens with zero attached hydrogens (tertiary/aromatic N) is 1. The van der Waals surface area contributed by atoms with E-state index >= 15 is 0 Å². The van der Waals surface area contributed by atoms with E-state index in [1.165, 1.54) is 0 Å². The van der Waals surface area contributed by atoms with Crippen LogP contribution in [0.15, 0.2) is 53.0 Å². The average Bonchev–Trinajstić information content (AvgIpc) is 2.37. The summed E-state index contributed by atoms with van der Waals surface area (Å²) in [5.74, 6) is 0. The Morgan fingerprint density at radius 1 is 1.17 bits per heavy atom. The van der Waals surface area contributed by atoms with Gasteiger partial charge in [-0.3, -0.25) is 4.78 Å². The maximum atomic E-state index is 8.01. The van der Waals surface area contributed by atoms with Crippen LogP contribution in [0.25, 0.3) is 6.08 Å². The lowest BCUT2D eigenvalue weighted by Gasteiger charge is -2.00. The third kappa shape index (κ3) is 3.42. The van der Waals surface area contributed by atoms with Crippen LogP contribution in [0, 0.1) is 4.78 Å². The Labute approximate surface area is 118 Å². The van der Waals surface area contributed by atoms with Crippen molar-refractivity contribution in [3.63, 3.8) is 0 Å². The zero-order valence-electron chi connectivity index (χ0n) is 9.31. The van der Waals surface area contributed by atoms with Crippen LogP contribution < -0.4 is 0 Å². The number of hydrogen-bond acceptors (Lipinski definition) is 2. The number of halogens is 2. The minimum Gasteiger partial charge on any atom is -0.270 e. The molecule has 0 aliphatic heterocycles. The van der Waals surface area contributed by atoms with Crippen molar-refractivity contribution >= 4 is 40.0 Å². The van der Waals surface area contributed by atoms with Crippen LogP contribution in [-0.4, -0.2) is 4.98 Å². The fraction of sp³-hybridized carbons (Fsp3) is 0. The van der Waals surface area contributed by atoms with Crippen LogP contribution in [0.1, 0.15) is 5.56 Å². The van der Waals surface area contributed by atoms with Crippen LogP contribution in [0.3, 0.4) is 0 Å². The van der Waals surface area contributed by atoms with Gasteiger partial charge in [0, 0.05) is 16.2 Å². The van der Waals surface area contributed by atoms with Crippen molar-refractivity contribution in [1.29, 1.82) is 4.78 Å². The topological polar surface area (TPSA) is 36.7 Å². The zero-order valence-corrected chi connectivity index (χ0v) is 11.6. The minimum atomic E-state index is -0.837. The van der Waals surface area contributed by atoms with Gasteiger partial charge in [-0.15, -0.1) is 0 Å². The predicted octanol–water partition coefficient (Wildman–Crippen LogP) is 4.80. The maximum Gasteiger partial charge on any atom is 0.112 e. The normalized spacial score (nSPS) is 12.8. The van der Waals surface area contributed by atoms with Crippen LogP contribution in [0.5, 0.6) is 0 Å². The number of benzene rings is 1. The fourth-order valence-corrected chi connectivity index (χ4v) is 2.60. The number of pyridine rings is 1. The third-order valence-electron chi connectivity index (χ3n) is 2.21.